The highest BCUT2D eigenvalue weighted by molar-refractivity contribution is 8.18. The minimum Gasteiger partial charge on any atom is -0.282 e. The van der Waals surface area contributed by atoms with E-state index in [1.807, 2.05) is 12.1 Å². The molecule has 3 rings (SSSR count). The van der Waals surface area contributed by atoms with Gasteiger partial charge in [0.05, 0.1) is 4.91 Å². The molecule has 0 unspecified atom stereocenters. The molecule has 1 fully saturated rings. The lowest BCUT2D eigenvalue weighted by molar-refractivity contribution is -0.115. The molecule has 0 atom stereocenters. The van der Waals surface area contributed by atoms with E-state index < -0.39 is 0 Å². The number of benzene rings is 1. The number of hydrogen-bond donors (Lipinski definition) is 1. The summed E-state index contributed by atoms with van der Waals surface area (Å²) < 4.78 is 0. The number of carbonyl (C=O) groups excluding carboxylic acids is 2. The van der Waals surface area contributed by atoms with Gasteiger partial charge < -0.3 is 0 Å². The van der Waals surface area contributed by atoms with Crippen LogP contribution in [0.15, 0.2) is 41.3 Å². The highest BCUT2D eigenvalue weighted by Crippen LogP contribution is 2.32. The van der Waals surface area contributed by atoms with E-state index in [1.165, 1.54) is 11.1 Å². The van der Waals surface area contributed by atoms with Gasteiger partial charge in [-0.2, -0.15) is 0 Å². The molecule has 0 aliphatic carbocycles. The van der Waals surface area contributed by atoms with Gasteiger partial charge >= 0.3 is 0 Å². The average molecular weight is 315 g/mol. The molecule has 5 heteroatoms. The molecule has 106 valence electrons. The van der Waals surface area contributed by atoms with Crippen LogP contribution in [-0.4, -0.2) is 11.1 Å². The molecule has 1 aliphatic rings. The first kappa shape index (κ1) is 14.1. The van der Waals surface area contributed by atoms with Crippen molar-refractivity contribution >= 4 is 40.3 Å². The number of thiophene rings is 1. The number of amides is 2. The molecule has 0 spiro atoms. The fraction of sp³-hybridized carbons (Fsp3) is 0.125. The second-order valence-electron chi connectivity index (χ2n) is 4.61. The zero-order chi connectivity index (χ0) is 14.8. The Bertz CT molecular complexity index is 746. The lowest BCUT2D eigenvalue weighted by Gasteiger charge is -2.00. The van der Waals surface area contributed by atoms with E-state index in [-0.39, 0.29) is 11.1 Å². The van der Waals surface area contributed by atoms with Crippen molar-refractivity contribution < 1.29 is 9.59 Å². The number of carbonyl (C=O) groups is 2. The van der Waals surface area contributed by atoms with Gasteiger partial charge in [0, 0.05) is 9.75 Å². The lowest BCUT2D eigenvalue weighted by atomic mass is 10.1. The van der Waals surface area contributed by atoms with E-state index in [1.54, 1.807) is 17.4 Å². The van der Waals surface area contributed by atoms with E-state index in [4.69, 9.17) is 0 Å². The summed E-state index contributed by atoms with van der Waals surface area (Å²) in [6, 6.07) is 12.5. The Morgan fingerprint density at radius 1 is 1.19 bits per heavy atom. The van der Waals surface area contributed by atoms with Crippen molar-refractivity contribution in [1.29, 1.82) is 0 Å². The molecule has 1 saturated heterocycles. The summed E-state index contributed by atoms with van der Waals surface area (Å²) in [5.41, 5.74) is 2.49. The topological polar surface area (TPSA) is 46.2 Å². The van der Waals surface area contributed by atoms with Crippen LogP contribution in [-0.2, 0) is 11.2 Å². The number of imide groups is 1. The zero-order valence-electron chi connectivity index (χ0n) is 11.4. The number of aryl methyl sites for hydroxylation is 1. The van der Waals surface area contributed by atoms with E-state index in [2.05, 4.69) is 36.5 Å². The fourth-order valence-corrected chi connectivity index (χ4v) is 3.78. The van der Waals surface area contributed by atoms with Crippen LogP contribution in [0, 0.1) is 0 Å². The van der Waals surface area contributed by atoms with Gasteiger partial charge in [0.1, 0.15) is 0 Å². The highest BCUT2D eigenvalue weighted by Gasteiger charge is 2.25. The maximum atomic E-state index is 11.5. The highest BCUT2D eigenvalue weighted by atomic mass is 32.2. The smallest absolute Gasteiger partial charge is 0.282 e. The van der Waals surface area contributed by atoms with Crippen molar-refractivity contribution in [3.05, 3.63) is 51.7 Å². The molecule has 0 radical (unpaired) electrons. The summed E-state index contributed by atoms with van der Waals surface area (Å²) in [5.74, 6) is -0.312. The molecule has 2 amide bonds. The number of hydrogen-bond acceptors (Lipinski definition) is 4. The van der Waals surface area contributed by atoms with Gasteiger partial charge in [-0.05, 0) is 47.5 Å². The Balaban J connectivity index is 1.88. The van der Waals surface area contributed by atoms with Crippen molar-refractivity contribution in [3.8, 4) is 10.4 Å². The van der Waals surface area contributed by atoms with Gasteiger partial charge in [-0.3, -0.25) is 14.9 Å². The Kier molecular flexibility index (Phi) is 3.94. The Labute approximate surface area is 131 Å². The molecule has 1 aromatic heterocycles. The van der Waals surface area contributed by atoms with Crippen LogP contribution in [0.25, 0.3) is 16.5 Å². The normalized spacial score (nSPS) is 16.5. The van der Waals surface area contributed by atoms with Crippen molar-refractivity contribution in [2.75, 3.05) is 0 Å². The second-order valence-corrected chi connectivity index (χ2v) is 6.74. The summed E-state index contributed by atoms with van der Waals surface area (Å²) in [6.07, 6.45) is 2.78. The molecule has 1 aromatic carbocycles. The van der Waals surface area contributed by atoms with Crippen molar-refractivity contribution in [3.63, 3.8) is 0 Å². The van der Waals surface area contributed by atoms with Crippen LogP contribution in [0.5, 0.6) is 0 Å². The van der Waals surface area contributed by atoms with E-state index in [0.29, 0.717) is 4.91 Å². The quantitative estimate of drug-likeness (QED) is 0.859. The minimum absolute atomic E-state index is 0.307. The summed E-state index contributed by atoms with van der Waals surface area (Å²) in [7, 11) is 0. The SMILES string of the molecule is CCc1cccc(-c2ccc(C=C3SC(=O)NC3=O)s2)c1. The molecule has 2 aromatic rings. The largest absolute Gasteiger partial charge is 0.290 e. The molecule has 0 bridgehead atoms. The predicted octanol–water partition coefficient (Wildman–Crippen LogP) is 4.30. The lowest BCUT2D eigenvalue weighted by Crippen LogP contribution is -2.17. The standard InChI is InChI=1S/C16H13NO2S2/c1-2-10-4-3-5-11(8-10)13-7-6-12(20-13)9-14-15(18)17-16(19)21-14/h3-9H,2H2,1H3,(H,17,18,19). The van der Waals surface area contributed by atoms with Gasteiger partial charge in [0.25, 0.3) is 11.1 Å². The van der Waals surface area contributed by atoms with Crippen LogP contribution >= 0.6 is 23.1 Å². The predicted molar refractivity (Wildman–Crippen MR) is 88.2 cm³/mol. The van der Waals surface area contributed by atoms with Crippen molar-refractivity contribution in [2.45, 2.75) is 13.3 Å². The van der Waals surface area contributed by atoms with Crippen LogP contribution < -0.4 is 5.32 Å². The summed E-state index contributed by atoms with van der Waals surface area (Å²) in [4.78, 5) is 25.3. The molecule has 3 nitrogen and oxygen atoms in total. The van der Waals surface area contributed by atoms with Crippen LogP contribution in [0.2, 0.25) is 0 Å². The zero-order valence-corrected chi connectivity index (χ0v) is 13.0. The maximum absolute atomic E-state index is 11.5. The Morgan fingerprint density at radius 2 is 2.05 bits per heavy atom. The number of nitrogens with one attached hydrogen (secondary N) is 1. The van der Waals surface area contributed by atoms with Gasteiger partial charge in [0.15, 0.2) is 0 Å². The molecular formula is C16H13NO2S2. The van der Waals surface area contributed by atoms with Crippen LogP contribution in [0.1, 0.15) is 17.4 Å². The van der Waals surface area contributed by atoms with Gasteiger partial charge in [-0.15, -0.1) is 11.3 Å². The third-order valence-corrected chi connectivity index (χ3v) is 5.05. The molecule has 1 N–H and O–H groups in total. The molecule has 21 heavy (non-hydrogen) atoms. The minimum atomic E-state index is -0.312. The first-order chi connectivity index (χ1) is 10.2. The van der Waals surface area contributed by atoms with Crippen molar-refractivity contribution in [2.24, 2.45) is 0 Å². The van der Waals surface area contributed by atoms with Gasteiger partial charge in [-0.1, -0.05) is 31.2 Å². The number of thioether (sulfide) groups is 1. The van der Waals surface area contributed by atoms with Crippen molar-refractivity contribution in [1.82, 2.24) is 5.32 Å². The Morgan fingerprint density at radius 3 is 2.76 bits per heavy atom. The second kappa shape index (κ2) is 5.87. The molecule has 2 heterocycles. The number of rotatable bonds is 3. The summed E-state index contributed by atoms with van der Waals surface area (Å²) in [6.45, 7) is 2.14. The third kappa shape index (κ3) is 3.09. The monoisotopic (exact) mass is 315 g/mol. The fourth-order valence-electron chi connectivity index (χ4n) is 2.08. The molecule has 1 aliphatic heterocycles. The third-order valence-electron chi connectivity index (χ3n) is 3.16. The average Bonchev–Trinajstić information content (AvgIpc) is 3.06. The summed E-state index contributed by atoms with van der Waals surface area (Å²) >= 11 is 2.56. The molecular weight excluding hydrogens is 302 g/mol. The van der Waals surface area contributed by atoms with Crippen LogP contribution in [0.4, 0.5) is 4.79 Å². The maximum Gasteiger partial charge on any atom is 0.290 e. The first-order valence-electron chi connectivity index (χ1n) is 6.59. The van der Waals surface area contributed by atoms with Gasteiger partial charge in [0.2, 0.25) is 0 Å². The van der Waals surface area contributed by atoms with E-state index in [0.717, 1.165) is 27.9 Å². The van der Waals surface area contributed by atoms with Gasteiger partial charge in [-0.25, -0.2) is 0 Å². The Hall–Kier alpha value is -1.85. The first-order valence-corrected chi connectivity index (χ1v) is 8.23. The van der Waals surface area contributed by atoms with E-state index >= 15 is 0 Å². The van der Waals surface area contributed by atoms with E-state index in [9.17, 15) is 9.59 Å². The molecule has 0 saturated carbocycles. The van der Waals surface area contributed by atoms with Crippen LogP contribution in [0.3, 0.4) is 0 Å². The summed E-state index contributed by atoms with van der Waals surface area (Å²) in [5, 5.41) is 1.96.